The van der Waals surface area contributed by atoms with Gasteiger partial charge in [0, 0.05) is 0 Å². The molecule has 25 heavy (non-hydrogen) atoms. The fraction of sp³-hybridized carbons (Fsp3) is 0.920. The van der Waals surface area contributed by atoms with Crippen molar-refractivity contribution in [2.75, 3.05) is 0 Å². The third-order valence-corrected chi connectivity index (χ3v) is 9.58. The first-order valence-corrected chi connectivity index (χ1v) is 11.6. The van der Waals surface area contributed by atoms with Crippen molar-refractivity contribution in [3.05, 3.63) is 12.2 Å². The maximum absolute atomic E-state index is 4.48. The topological polar surface area (TPSA) is 0 Å². The van der Waals surface area contributed by atoms with E-state index in [2.05, 4.69) is 34.3 Å². The van der Waals surface area contributed by atoms with Gasteiger partial charge in [-0.25, -0.2) is 0 Å². The van der Waals surface area contributed by atoms with Crippen molar-refractivity contribution in [1.82, 2.24) is 0 Å². The van der Waals surface area contributed by atoms with Gasteiger partial charge in [-0.3, -0.25) is 0 Å². The number of fused-ring (bicyclic) bond motifs is 5. The Morgan fingerprint density at radius 2 is 1.64 bits per heavy atom. The van der Waals surface area contributed by atoms with E-state index in [9.17, 15) is 0 Å². The van der Waals surface area contributed by atoms with Crippen LogP contribution in [0.2, 0.25) is 0 Å². The molecule has 0 saturated heterocycles. The maximum Gasteiger partial charge on any atom is -0.00879 e. The number of rotatable bonds is 1. The lowest BCUT2D eigenvalue weighted by atomic mass is 9.45. The van der Waals surface area contributed by atoms with Crippen LogP contribution in [0.15, 0.2) is 12.2 Å². The van der Waals surface area contributed by atoms with Crippen molar-refractivity contribution >= 4 is 0 Å². The van der Waals surface area contributed by atoms with Crippen molar-refractivity contribution in [3.63, 3.8) is 0 Å². The Labute approximate surface area is 158 Å². The highest BCUT2D eigenvalue weighted by Gasteiger charge is 2.58. The Balaban J connectivity index is 0.000000880. The first-order valence-electron chi connectivity index (χ1n) is 11.6. The van der Waals surface area contributed by atoms with E-state index in [1.54, 1.807) is 12.0 Å². The largest absolute Gasteiger partial charge is 0.0993 e. The average Bonchev–Trinajstić information content (AvgIpc) is 2.91. The van der Waals surface area contributed by atoms with Gasteiger partial charge in [-0.1, -0.05) is 60.1 Å². The summed E-state index contributed by atoms with van der Waals surface area (Å²) in [6, 6.07) is 0. The van der Waals surface area contributed by atoms with Gasteiger partial charge in [-0.15, -0.1) is 0 Å². The number of allylic oxidation sites excluding steroid dienone is 1. The zero-order valence-electron chi connectivity index (χ0n) is 18.0. The molecule has 4 aliphatic carbocycles. The zero-order chi connectivity index (χ0) is 18.4. The monoisotopic (exact) mass is 344 g/mol. The molecule has 8 unspecified atom stereocenters. The van der Waals surface area contributed by atoms with E-state index in [0.717, 1.165) is 35.5 Å². The summed E-state index contributed by atoms with van der Waals surface area (Å²) in [5.74, 6) is 6.02. The predicted molar refractivity (Wildman–Crippen MR) is 111 cm³/mol. The van der Waals surface area contributed by atoms with Gasteiger partial charge in [0.1, 0.15) is 0 Å². The maximum atomic E-state index is 4.48. The Bertz CT molecular complexity index is 490. The molecule has 0 radical (unpaired) electrons. The van der Waals surface area contributed by atoms with E-state index in [4.69, 9.17) is 0 Å². The first kappa shape index (κ1) is 19.5. The van der Waals surface area contributed by atoms with Crippen LogP contribution >= 0.6 is 0 Å². The van der Waals surface area contributed by atoms with Gasteiger partial charge >= 0.3 is 0 Å². The second-order valence-corrected chi connectivity index (χ2v) is 10.4. The van der Waals surface area contributed by atoms with Crippen LogP contribution in [0, 0.1) is 46.3 Å². The van der Waals surface area contributed by atoms with Crippen LogP contribution in [0.25, 0.3) is 0 Å². The fourth-order valence-corrected chi connectivity index (χ4v) is 8.08. The first-order chi connectivity index (χ1) is 11.9. The molecule has 0 aliphatic heterocycles. The van der Waals surface area contributed by atoms with Gasteiger partial charge in [0.2, 0.25) is 0 Å². The summed E-state index contributed by atoms with van der Waals surface area (Å²) in [7, 11) is 0. The second kappa shape index (κ2) is 7.05. The molecule has 0 nitrogen and oxygen atoms in total. The van der Waals surface area contributed by atoms with Gasteiger partial charge < -0.3 is 0 Å². The van der Waals surface area contributed by atoms with Gasteiger partial charge in [0.15, 0.2) is 0 Å². The predicted octanol–water partition coefficient (Wildman–Crippen LogP) is 7.88. The molecule has 0 aromatic heterocycles. The molecule has 4 fully saturated rings. The quantitative estimate of drug-likeness (QED) is 0.424. The lowest BCUT2D eigenvalue weighted by Gasteiger charge is -2.60. The Hall–Kier alpha value is -0.260. The molecule has 0 N–H and O–H groups in total. The van der Waals surface area contributed by atoms with Crippen molar-refractivity contribution in [1.29, 1.82) is 0 Å². The molecular formula is C25H44. The number of hydrogen-bond donors (Lipinski definition) is 0. The van der Waals surface area contributed by atoms with Crippen LogP contribution in [-0.4, -0.2) is 0 Å². The van der Waals surface area contributed by atoms with Crippen molar-refractivity contribution in [3.8, 4) is 0 Å². The van der Waals surface area contributed by atoms with Gasteiger partial charge in [0.25, 0.3) is 0 Å². The van der Waals surface area contributed by atoms with Gasteiger partial charge in [-0.05, 0) is 97.7 Å². The number of hydrogen-bond acceptors (Lipinski definition) is 0. The average molecular weight is 345 g/mol. The highest BCUT2D eigenvalue weighted by molar-refractivity contribution is 5.21. The van der Waals surface area contributed by atoms with Crippen LogP contribution in [0.1, 0.15) is 99.3 Å². The zero-order valence-corrected chi connectivity index (χ0v) is 18.0. The van der Waals surface area contributed by atoms with E-state index < -0.39 is 0 Å². The summed E-state index contributed by atoms with van der Waals surface area (Å²) in [6.45, 7) is 18.7. The van der Waals surface area contributed by atoms with E-state index in [0.29, 0.717) is 10.8 Å². The van der Waals surface area contributed by atoms with Crippen molar-refractivity contribution in [2.24, 2.45) is 46.3 Å². The highest BCUT2D eigenvalue weighted by atomic mass is 14.6. The summed E-state index contributed by atoms with van der Waals surface area (Å²) in [6.07, 6.45) is 13.2. The molecule has 144 valence electrons. The lowest BCUT2D eigenvalue weighted by molar-refractivity contribution is -0.104. The molecule has 0 amide bonds. The fourth-order valence-electron chi connectivity index (χ4n) is 8.08. The molecule has 8 atom stereocenters. The Kier molecular flexibility index (Phi) is 5.50. The SMILES string of the molecule is C=C1CCC2C3CCC4(C)CC(C)C(CC)CC4C3CCC12C.CC. The lowest BCUT2D eigenvalue weighted by Crippen LogP contribution is -2.52. The molecule has 0 spiro atoms. The van der Waals surface area contributed by atoms with Crippen LogP contribution in [0.5, 0.6) is 0 Å². The minimum Gasteiger partial charge on any atom is -0.0993 e. The minimum absolute atomic E-state index is 0.501. The van der Waals surface area contributed by atoms with Gasteiger partial charge in [0.05, 0.1) is 0 Å². The molecule has 4 aliphatic rings. The highest BCUT2D eigenvalue weighted by Crippen LogP contribution is 2.67. The third kappa shape index (κ3) is 2.94. The minimum atomic E-state index is 0.501. The molecule has 0 bridgehead atoms. The molecular weight excluding hydrogens is 300 g/mol. The summed E-state index contributed by atoms with van der Waals surface area (Å²) in [4.78, 5) is 0. The third-order valence-electron chi connectivity index (χ3n) is 9.58. The summed E-state index contributed by atoms with van der Waals surface area (Å²) in [5, 5.41) is 0. The molecule has 0 heterocycles. The Morgan fingerprint density at radius 3 is 2.32 bits per heavy atom. The van der Waals surface area contributed by atoms with Gasteiger partial charge in [-0.2, -0.15) is 0 Å². The van der Waals surface area contributed by atoms with E-state index in [1.807, 2.05) is 13.8 Å². The molecule has 0 heteroatoms. The van der Waals surface area contributed by atoms with E-state index in [-0.39, 0.29) is 0 Å². The Morgan fingerprint density at radius 1 is 1.00 bits per heavy atom. The van der Waals surface area contributed by atoms with Crippen LogP contribution in [0.4, 0.5) is 0 Å². The summed E-state index contributed by atoms with van der Waals surface area (Å²) < 4.78 is 0. The standard InChI is InChI=1S/C23H38.C2H6/c1-6-17-13-21-19-10-12-23(5)16(3)7-8-20(23)18(19)9-11-22(21,4)14-15(17)2;1-2/h15,17-21H,3,6-14H2,1-2,4-5H3;1-2H3. The smallest absolute Gasteiger partial charge is 0.00879 e. The molecule has 0 aromatic carbocycles. The van der Waals surface area contributed by atoms with Crippen LogP contribution < -0.4 is 0 Å². The molecule has 4 rings (SSSR count). The van der Waals surface area contributed by atoms with E-state index >= 15 is 0 Å². The normalized spacial score (nSPS) is 51.7. The van der Waals surface area contributed by atoms with Crippen molar-refractivity contribution < 1.29 is 0 Å². The van der Waals surface area contributed by atoms with Crippen molar-refractivity contribution in [2.45, 2.75) is 99.3 Å². The molecule has 0 aromatic rings. The van der Waals surface area contributed by atoms with Crippen LogP contribution in [-0.2, 0) is 0 Å². The summed E-state index contributed by atoms with van der Waals surface area (Å²) in [5.41, 5.74) is 2.76. The molecule has 4 saturated carbocycles. The van der Waals surface area contributed by atoms with Crippen LogP contribution in [0.3, 0.4) is 0 Å². The second-order valence-electron chi connectivity index (χ2n) is 10.4. The van der Waals surface area contributed by atoms with E-state index in [1.165, 1.54) is 51.4 Å². The summed E-state index contributed by atoms with van der Waals surface area (Å²) >= 11 is 0.